The number of nitrogens with zero attached hydrogens (tertiary/aromatic N) is 3. The number of benzene rings is 2. The van der Waals surface area contributed by atoms with Gasteiger partial charge in [-0.05, 0) is 36.4 Å². The number of hydrogen-bond acceptors (Lipinski definition) is 3. The summed E-state index contributed by atoms with van der Waals surface area (Å²) in [4.78, 5) is 4.75. The molecule has 0 fully saturated rings. The van der Waals surface area contributed by atoms with Crippen LogP contribution >= 0.6 is 0 Å². The summed E-state index contributed by atoms with van der Waals surface area (Å²) in [7, 11) is 0. The van der Waals surface area contributed by atoms with Crippen LogP contribution in [0.3, 0.4) is 0 Å². The number of aromatic nitrogens is 2. The highest BCUT2D eigenvalue weighted by Gasteiger charge is 2.17. The first-order valence-corrected chi connectivity index (χ1v) is 7.54. The van der Waals surface area contributed by atoms with Gasteiger partial charge in [0, 0.05) is 17.3 Å². The number of phenols is 1. The normalized spacial score (nSPS) is 10.6. The first-order chi connectivity index (χ1) is 11.8. The lowest BCUT2D eigenvalue weighted by Gasteiger charge is -2.02. The minimum atomic E-state index is 0.182. The fourth-order valence-corrected chi connectivity index (χ4v) is 2.88. The third-order valence-electron chi connectivity index (χ3n) is 4.00. The van der Waals surface area contributed by atoms with Gasteiger partial charge < -0.3 is 5.11 Å². The SMILES string of the molecule is N#Cc1ccccc1-c1nc(-c2ccccc2O)c2ccccn12. The summed E-state index contributed by atoms with van der Waals surface area (Å²) >= 11 is 0. The molecule has 0 aliphatic rings. The third kappa shape index (κ3) is 2.11. The Kier molecular flexibility index (Phi) is 3.25. The first-order valence-electron chi connectivity index (χ1n) is 7.54. The zero-order valence-electron chi connectivity index (χ0n) is 12.7. The molecule has 24 heavy (non-hydrogen) atoms. The molecule has 0 bridgehead atoms. The topological polar surface area (TPSA) is 61.3 Å². The van der Waals surface area contributed by atoms with Gasteiger partial charge >= 0.3 is 0 Å². The molecule has 0 spiro atoms. The Bertz CT molecular complexity index is 1090. The molecule has 4 heteroatoms. The Labute approximate surface area is 138 Å². The average Bonchev–Trinajstić information content (AvgIpc) is 3.01. The standard InChI is InChI=1S/C20H13N3O/c21-13-14-7-1-2-8-15(14)20-22-19(16-9-3-4-11-18(16)24)17-10-5-6-12-23(17)20/h1-12,24H. The van der Waals surface area contributed by atoms with Crippen molar-refractivity contribution in [1.29, 1.82) is 5.26 Å². The molecular formula is C20H13N3O. The Hall–Kier alpha value is -3.58. The van der Waals surface area contributed by atoms with Crippen molar-refractivity contribution in [2.75, 3.05) is 0 Å². The van der Waals surface area contributed by atoms with E-state index in [0.717, 1.165) is 11.1 Å². The molecule has 4 aromatic rings. The summed E-state index contributed by atoms with van der Waals surface area (Å²) in [5, 5.41) is 19.6. The number of pyridine rings is 1. The number of nitriles is 1. The first kappa shape index (κ1) is 14.0. The van der Waals surface area contributed by atoms with Crippen LogP contribution in [0.25, 0.3) is 28.2 Å². The number of para-hydroxylation sites is 1. The molecular weight excluding hydrogens is 298 g/mol. The number of hydrogen-bond donors (Lipinski definition) is 1. The van der Waals surface area contributed by atoms with E-state index in [1.165, 1.54) is 0 Å². The van der Waals surface area contributed by atoms with Crippen molar-refractivity contribution in [3.05, 3.63) is 78.5 Å². The highest BCUT2D eigenvalue weighted by atomic mass is 16.3. The highest BCUT2D eigenvalue weighted by molar-refractivity contribution is 5.84. The number of phenolic OH excluding ortho intramolecular Hbond substituents is 1. The van der Waals surface area contributed by atoms with Gasteiger partial charge in [0.15, 0.2) is 0 Å². The van der Waals surface area contributed by atoms with E-state index in [2.05, 4.69) is 6.07 Å². The fourth-order valence-electron chi connectivity index (χ4n) is 2.88. The van der Waals surface area contributed by atoms with Crippen molar-refractivity contribution < 1.29 is 5.11 Å². The molecule has 0 atom stereocenters. The second-order valence-corrected chi connectivity index (χ2v) is 5.41. The van der Waals surface area contributed by atoms with E-state index in [4.69, 9.17) is 4.98 Å². The van der Waals surface area contributed by atoms with Gasteiger partial charge in [0.2, 0.25) is 0 Å². The fraction of sp³-hybridized carbons (Fsp3) is 0. The summed E-state index contributed by atoms with van der Waals surface area (Å²) in [5.41, 5.74) is 3.57. The average molecular weight is 311 g/mol. The van der Waals surface area contributed by atoms with Crippen LogP contribution in [-0.4, -0.2) is 14.5 Å². The predicted molar refractivity (Wildman–Crippen MR) is 92.4 cm³/mol. The molecule has 2 aromatic heterocycles. The molecule has 0 saturated carbocycles. The van der Waals surface area contributed by atoms with E-state index in [-0.39, 0.29) is 5.75 Å². The van der Waals surface area contributed by atoms with E-state index in [1.54, 1.807) is 18.2 Å². The lowest BCUT2D eigenvalue weighted by atomic mass is 10.1. The lowest BCUT2D eigenvalue weighted by molar-refractivity contribution is 0.477. The summed E-state index contributed by atoms with van der Waals surface area (Å²) in [5.74, 6) is 0.863. The molecule has 2 aromatic carbocycles. The van der Waals surface area contributed by atoms with Crippen LogP contribution in [-0.2, 0) is 0 Å². The predicted octanol–water partition coefficient (Wildman–Crippen LogP) is 4.25. The monoisotopic (exact) mass is 311 g/mol. The van der Waals surface area contributed by atoms with Crippen LogP contribution in [0.4, 0.5) is 0 Å². The quantitative estimate of drug-likeness (QED) is 0.602. The van der Waals surface area contributed by atoms with Crippen LogP contribution in [0.1, 0.15) is 5.56 Å². The summed E-state index contributed by atoms with van der Waals surface area (Å²) < 4.78 is 1.94. The Balaban J connectivity index is 2.06. The van der Waals surface area contributed by atoms with E-state index in [9.17, 15) is 10.4 Å². The van der Waals surface area contributed by atoms with Crippen molar-refractivity contribution in [2.24, 2.45) is 0 Å². The minimum absolute atomic E-state index is 0.182. The van der Waals surface area contributed by atoms with Crippen molar-refractivity contribution in [3.63, 3.8) is 0 Å². The van der Waals surface area contributed by atoms with Gasteiger partial charge in [-0.3, -0.25) is 4.40 Å². The second-order valence-electron chi connectivity index (χ2n) is 5.41. The van der Waals surface area contributed by atoms with Crippen LogP contribution < -0.4 is 0 Å². The van der Waals surface area contributed by atoms with Crippen molar-refractivity contribution >= 4 is 5.52 Å². The van der Waals surface area contributed by atoms with Crippen LogP contribution in [0, 0.1) is 11.3 Å². The lowest BCUT2D eigenvalue weighted by Crippen LogP contribution is -1.91. The molecule has 0 aliphatic carbocycles. The van der Waals surface area contributed by atoms with E-state index in [1.807, 2.05) is 59.1 Å². The Morgan fingerprint density at radius 1 is 0.875 bits per heavy atom. The number of fused-ring (bicyclic) bond motifs is 1. The molecule has 0 unspecified atom stereocenters. The number of imidazole rings is 1. The molecule has 2 heterocycles. The van der Waals surface area contributed by atoms with Gasteiger partial charge in [-0.25, -0.2) is 4.98 Å². The number of aromatic hydroxyl groups is 1. The zero-order valence-corrected chi connectivity index (χ0v) is 12.7. The molecule has 0 aliphatic heterocycles. The summed E-state index contributed by atoms with van der Waals surface area (Å²) in [6.45, 7) is 0. The zero-order chi connectivity index (χ0) is 16.5. The van der Waals surface area contributed by atoms with Crippen LogP contribution in [0.5, 0.6) is 5.75 Å². The Morgan fingerprint density at radius 2 is 1.58 bits per heavy atom. The maximum absolute atomic E-state index is 10.2. The molecule has 0 amide bonds. The van der Waals surface area contributed by atoms with Gasteiger partial charge in [0.05, 0.1) is 17.1 Å². The van der Waals surface area contributed by atoms with E-state index >= 15 is 0 Å². The molecule has 4 rings (SSSR count). The van der Waals surface area contributed by atoms with Crippen molar-refractivity contribution in [1.82, 2.24) is 9.38 Å². The van der Waals surface area contributed by atoms with Gasteiger partial charge in [0.1, 0.15) is 17.3 Å². The maximum Gasteiger partial charge on any atom is 0.146 e. The molecule has 1 N–H and O–H groups in total. The van der Waals surface area contributed by atoms with Gasteiger partial charge in [-0.1, -0.05) is 30.3 Å². The largest absolute Gasteiger partial charge is 0.507 e. The van der Waals surface area contributed by atoms with Gasteiger partial charge in [0.25, 0.3) is 0 Å². The molecule has 4 nitrogen and oxygen atoms in total. The maximum atomic E-state index is 10.2. The van der Waals surface area contributed by atoms with Crippen molar-refractivity contribution in [2.45, 2.75) is 0 Å². The second kappa shape index (κ2) is 5.56. The van der Waals surface area contributed by atoms with Gasteiger partial charge in [-0.15, -0.1) is 0 Å². The van der Waals surface area contributed by atoms with Crippen LogP contribution in [0.15, 0.2) is 72.9 Å². The Morgan fingerprint density at radius 3 is 2.38 bits per heavy atom. The molecule has 0 saturated heterocycles. The third-order valence-corrected chi connectivity index (χ3v) is 4.00. The smallest absolute Gasteiger partial charge is 0.146 e. The van der Waals surface area contributed by atoms with Crippen LogP contribution in [0.2, 0.25) is 0 Å². The minimum Gasteiger partial charge on any atom is -0.507 e. The summed E-state index contributed by atoms with van der Waals surface area (Å²) in [6, 6.07) is 22.5. The van der Waals surface area contributed by atoms with E-state index in [0.29, 0.717) is 22.6 Å². The molecule has 114 valence electrons. The van der Waals surface area contributed by atoms with Crippen molar-refractivity contribution in [3.8, 4) is 34.5 Å². The highest BCUT2D eigenvalue weighted by Crippen LogP contribution is 2.34. The summed E-state index contributed by atoms with van der Waals surface area (Å²) in [6.07, 6.45) is 1.91. The molecule has 0 radical (unpaired) electrons. The number of rotatable bonds is 2. The van der Waals surface area contributed by atoms with E-state index < -0.39 is 0 Å². The van der Waals surface area contributed by atoms with Gasteiger partial charge in [-0.2, -0.15) is 5.26 Å².